The summed E-state index contributed by atoms with van der Waals surface area (Å²) in [7, 11) is 0. The molecule has 1 spiro atoms. The molecule has 2 aliphatic carbocycles. The molecule has 1 heterocycles. The van der Waals surface area contributed by atoms with Gasteiger partial charge in [0, 0.05) is 38.8 Å². The first-order chi connectivity index (χ1) is 15.5. The van der Waals surface area contributed by atoms with E-state index in [1.54, 1.807) is 4.90 Å². The van der Waals surface area contributed by atoms with Crippen LogP contribution in [0.1, 0.15) is 84.0 Å². The third-order valence-electron chi connectivity index (χ3n) is 8.05. The summed E-state index contributed by atoms with van der Waals surface area (Å²) in [5.41, 5.74) is -0.639. The Labute approximate surface area is 193 Å². The number of nitrogens with one attached hydrogen (secondary N) is 1. The van der Waals surface area contributed by atoms with Gasteiger partial charge >= 0.3 is 12.0 Å². The number of nitrogens with zero attached hydrogens (tertiary/aromatic N) is 2. The van der Waals surface area contributed by atoms with Crippen molar-refractivity contribution in [3.63, 3.8) is 0 Å². The zero-order valence-electron chi connectivity index (χ0n) is 19.4. The Balaban J connectivity index is 1.55. The number of hydrogen-bond donors (Lipinski definition) is 2. The number of alkyl halides is 2. The molecule has 33 heavy (non-hydrogen) atoms. The van der Waals surface area contributed by atoms with Crippen LogP contribution < -0.4 is 5.32 Å². The Kier molecular flexibility index (Phi) is 7.65. The molecule has 1 aliphatic heterocycles. The van der Waals surface area contributed by atoms with Gasteiger partial charge in [0.15, 0.2) is 5.78 Å². The van der Waals surface area contributed by atoms with Gasteiger partial charge in [-0.2, -0.15) is 5.26 Å². The summed E-state index contributed by atoms with van der Waals surface area (Å²) in [6.45, 7) is 2.32. The molecular weight excluding hydrogens is 432 g/mol. The van der Waals surface area contributed by atoms with E-state index in [0.29, 0.717) is 25.9 Å². The van der Waals surface area contributed by atoms with Crippen molar-refractivity contribution in [2.45, 2.75) is 95.9 Å². The van der Waals surface area contributed by atoms with Crippen molar-refractivity contribution >= 4 is 17.8 Å². The van der Waals surface area contributed by atoms with Crippen LogP contribution in [-0.2, 0) is 9.59 Å². The minimum absolute atomic E-state index is 0.102. The molecule has 0 unspecified atom stereocenters. The molecule has 2 saturated carbocycles. The number of carboxylic acids is 1. The molecule has 0 aromatic heterocycles. The standard InChI is InChI=1S/C24H35F2N3O4/c1-2-24(25,26)14-18(19(30)15-23(16-27)7-8-23)28-21(33)29-11-9-22(10-12-29)5-3-17(4-6-22)13-20(31)32/h17-18H,2-15H2,1H3,(H,28,33)(H,31,32)/t18-/m0/s1. The molecule has 1 atom stereocenters. The zero-order valence-corrected chi connectivity index (χ0v) is 19.4. The number of carboxylic acid groups (broad SMARTS) is 1. The first kappa shape index (κ1) is 25.4. The Morgan fingerprint density at radius 1 is 1.15 bits per heavy atom. The molecular formula is C24H35F2N3O4. The second-order valence-corrected chi connectivity index (χ2v) is 10.5. The fourth-order valence-corrected chi connectivity index (χ4v) is 5.29. The molecule has 7 nitrogen and oxygen atoms in total. The molecule has 9 heteroatoms. The molecule has 1 saturated heterocycles. The molecule has 0 bridgehead atoms. The lowest BCUT2D eigenvalue weighted by Crippen LogP contribution is -2.53. The number of hydrogen-bond acceptors (Lipinski definition) is 4. The first-order valence-corrected chi connectivity index (χ1v) is 12.1. The number of aliphatic carboxylic acids is 1. The van der Waals surface area contributed by atoms with Crippen LogP contribution >= 0.6 is 0 Å². The molecule has 184 valence electrons. The topological polar surface area (TPSA) is 110 Å². The van der Waals surface area contributed by atoms with E-state index in [9.17, 15) is 28.4 Å². The third kappa shape index (κ3) is 6.64. The zero-order chi connectivity index (χ0) is 24.3. The first-order valence-electron chi connectivity index (χ1n) is 12.1. The minimum atomic E-state index is -3.07. The summed E-state index contributed by atoms with van der Waals surface area (Å²) in [5.74, 6) is -4.12. The summed E-state index contributed by atoms with van der Waals surface area (Å²) in [4.78, 5) is 38.2. The Bertz CT molecular complexity index is 788. The van der Waals surface area contributed by atoms with Crippen molar-refractivity contribution in [1.29, 1.82) is 5.26 Å². The van der Waals surface area contributed by atoms with Gasteiger partial charge in [0.05, 0.1) is 17.5 Å². The number of carbonyl (C=O) groups is 3. The van der Waals surface area contributed by atoms with Crippen molar-refractivity contribution < 1.29 is 28.3 Å². The number of piperidine rings is 1. The largest absolute Gasteiger partial charge is 0.481 e. The fourth-order valence-electron chi connectivity index (χ4n) is 5.29. The van der Waals surface area contributed by atoms with Gasteiger partial charge in [0.1, 0.15) is 0 Å². The summed E-state index contributed by atoms with van der Waals surface area (Å²) in [6.07, 6.45) is 5.32. The van der Waals surface area contributed by atoms with E-state index in [4.69, 9.17) is 5.11 Å². The number of carbonyl (C=O) groups excluding carboxylic acids is 2. The number of amides is 2. The van der Waals surface area contributed by atoms with Gasteiger partial charge in [0.25, 0.3) is 0 Å². The van der Waals surface area contributed by atoms with Gasteiger partial charge in [-0.1, -0.05) is 6.92 Å². The number of halogens is 2. The van der Waals surface area contributed by atoms with Crippen LogP contribution in [0.3, 0.4) is 0 Å². The second-order valence-electron chi connectivity index (χ2n) is 10.5. The van der Waals surface area contributed by atoms with Crippen LogP contribution in [0, 0.1) is 28.1 Å². The summed E-state index contributed by atoms with van der Waals surface area (Å²) in [5, 5.41) is 20.8. The van der Waals surface area contributed by atoms with E-state index < -0.39 is 48.0 Å². The van der Waals surface area contributed by atoms with Crippen molar-refractivity contribution in [3.05, 3.63) is 0 Å². The number of rotatable bonds is 9. The number of ketones is 1. The van der Waals surface area contributed by atoms with Crippen molar-refractivity contribution in [1.82, 2.24) is 10.2 Å². The molecule has 3 fully saturated rings. The third-order valence-corrected chi connectivity index (χ3v) is 8.05. The molecule has 3 rings (SSSR count). The van der Waals surface area contributed by atoms with Gasteiger partial charge in [-0.3, -0.25) is 9.59 Å². The number of nitriles is 1. The van der Waals surface area contributed by atoms with E-state index in [0.717, 1.165) is 38.5 Å². The Morgan fingerprint density at radius 2 is 1.76 bits per heavy atom. The molecule has 0 aromatic carbocycles. The summed E-state index contributed by atoms with van der Waals surface area (Å²) in [6, 6.07) is 0.306. The second kappa shape index (κ2) is 9.94. The van der Waals surface area contributed by atoms with Crippen LogP contribution in [0.25, 0.3) is 0 Å². The van der Waals surface area contributed by atoms with Gasteiger partial charge < -0.3 is 15.3 Å². The molecule has 0 aromatic rings. The number of urea groups is 1. The normalized spacial score (nSPS) is 22.9. The van der Waals surface area contributed by atoms with E-state index in [1.165, 1.54) is 6.92 Å². The molecule has 2 N–H and O–H groups in total. The Hall–Kier alpha value is -2.24. The smallest absolute Gasteiger partial charge is 0.317 e. The van der Waals surface area contributed by atoms with Gasteiger partial charge in [-0.05, 0) is 62.7 Å². The Morgan fingerprint density at radius 3 is 2.24 bits per heavy atom. The van der Waals surface area contributed by atoms with Crippen LogP contribution in [0.15, 0.2) is 0 Å². The average molecular weight is 468 g/mol. The fraction of sp³-hybridized carbons (Fsp3) is 0.833. The number of Topliss-reactive ketones (excluding diaryl/α,β-unsaturated/α-hetero) is 1. The van der Waals surface area contributed by atoms with Crippen LogP contribution in [-0.4, -0.2) is 52.8 Å². The molecule has 0 radical (unpaired) electrons. The number of likely N-dealkylation sites (tertiary alicyclic amines) is 1. The maximum Gasteiger partial charge on any atom is 0.317 e. The van der Waals surface area contributed by atoms with E-state index in [1.807, 2.05) is 0 Å². The summed E-state index contributed by atoms with van der Waals surface area (Å²) >= 11 is 0. The van der Waals surface area contributed by atoms with E-state index >= 15 is 0 Å². The maximum atomic E-state index is 14.1. The minimum Gasteiger partial charge on any atom is -0.481 e. The highest BCUT2D eigenvalue weighted by Gasteiger charge is 2.47. The monoisotopic (exact) mass is 467 g/mol. The molecule has 3 aliphatic rings. The van der Waals surface area contributed by atoms with Crippen molar-refractivity contribution in [2.75, 3.05) is 13.1 Å². The lowest BCUT2D eigenvalue weighted by atomic mass is 9.65. The quantitative estimate of drug-likeness (QED) is 0.518. The predicted molar refractivity (Wildman–Crippen MR) is 117 cm³/mol. The van der Waals surface area contributed by atoms with Crippen LogP contribution in [0.2, 0.25) is 0 Å². The van der Waals surface area contributed by atoms with Gasteiger partial charge in [-0.15, -0.1) is 0 Å². The highest BCUT2D eigenvalue weighted by atomic mass is 19.3. The maximum absolute atomic E-state index is 14.1. The van der Waals surface area contributed by atoms with Crippen molar-refractivity contribution in [3.8, 4) is 6.07 Å². The SMILES string of the molecule is CCC(F)(F)C[C@H](NC(=O)N1CCC2(CCC(CC(=O)O)CC2)CC1)C(=O)CC1(C#N)CC1. The van der Waals surface area contributed by atoms with Crippen LogP contribution in [0.4, 0.5) is 13.6 Å². The van der Waals surface area contributed by atoms with Gasteiger partial charge in [0.2, 0.25) is 5.92 Å². The van der Waals surface area contributed by atoms with Crippen LogP contribution in [0.5, 0.6) is 0 Å². The highest BCUT2D eigenvalue weighted by Crippen LogP contribution is 2.49. The lowest BCUT2D eigenvalue weighted by Gasteiger charge is -2.46. The van der Waals surface area contributed by atoms with E-state index in [2.05, 4.69) is 11.4 Å². The highest BCUT2D eigenvalue weighted by molar-refractivity contribution is 5.89. The average Bonchev–Trinajstić information content (AvgIpc) is 3.55. The molecule has 2 amide bonds. The summed E-state index contributed by atoms with van der Waals surface area (Å²) < 4.78 is 28.2. The van der Waals surface area contributed by atoms with Gasteiger partial charge in [-0.25, -0.2) is 13.6 Å². The predicted octanol–water partition coefficient (Wildman–Crippen LogP) is 4.51. The lowest BCUT2D eigenvalue weighted by molar-refractivity contribution is -0.138. The van der Waals surface area contributed by atoms with Crippen molar-refractivity contribution in [2.24, 2.45) is 16.7 Å². The van der Waals surface area contributed by atoms with E-state index in [-0.39, 0.29) is 24.2 Å².